The van der Waals surface area contributed by atoms with Crippen LogP contribution < -0.4 is 5.32 Å². The summed E-state index contributed by atoms with van der Waals surface area (Å²) in [5, 5.41) is 7.18. The lowest BCUT2D eigenvalue weighted by Gasteiger charge is -1.97. The van der Waals surface area contributed by atoms with Gasteiger partial charge in [-0.25, -0.2) is 9.97 Å². The molecule has 0 aliphatic heterocycles. The van der Waals surface area contributed by atoms with Gasteiger partial charge < -0.3 is 10.1 Å². The van der Waals surface area contributed by atoms with Crippen molar-refractivity contribution in [3.8, 4) is 10.6 Å². The molecule has 0 saturated heterocycles. The third-order valence-corrected chi connectivity index (χ3v) is 4.72. The highest BCUT2D eigenvalue weighted by Gasteiger charge is 2.17. The van der Waals surface area contributed by atoms with Crippen molar-refractivity contribution in [2.75, 3.05) is 19.5 Å². The summed E-state index contributed by atoms with van der Waals surface area (Å²) in [5.74, 6) is 0.432. The minimum atomic E-state index is 0.432. The van der Waals surface area contributed by atoms with Gasteiger partial charge in [-0.3, -0.25) is 0 Å². The normalized spacial score (nSPS) is 11.2. The monoisotopic (exact) mass is 283 g/mol. The number of anilines is 1. The minimum Gasteiger partial charge on any atom is -0.378 e. The average molecular weight is 283 g/mol. The summed E-state index contributed by atoms with van der Waals surface area (Å²) in [5.41, 5.74) is 1.97. The maximum atomic E-state index is 5.22. The number of nitrogens with zero attached hydrogens (tertiary/aromatic N) is 2. The third-order valence-electron chi connectivity index (χ3n) is 2.44. The Morgan fingerprint density at radius 3 is 2.72 bits per heavy atom. The highest BCUT2D eigenvalue weighted by atomic mass is 32.1. The van der Waals surface area contributed by atoms with Crippen LogP contribution in [0, 0.1) is 0 Å². The number of hydrogen-bond acceptors (Lipinski definition) is 6. The molecule has 0 aliphatic carbocycles. The molecule has 0 unspecified atom stereocenters. The van der Waals surface area contributed by atoms with E-state index in [9.17, 15) is 0 Å². The van der Waals surface area contributed by atoms with E-state index in [1.807, 2.05) is 7.05 Å². The molecule has 4 nitrogen and oxygen atoms in total. The summed E-state index contributed by atoms with van der Waals surface area (Å²) < 4.78 is 5.22. The minimum absolute atomic E-state index is 0.432. The molecular formula is C12H17N3OS2. The van der Waals surface area contributed by atoms with Gasteiger partial charge in [-0.1, -0.05) is 13.8 Å². The first-order valence-corrected chi connectivity index (χ1v) is 7.47. The molecule has 6 heteroatoms. The van der Waals surface area contributed by atoms with Crippen molar-refractivity contribution in [3.63, 3.8) is 0 Å². The first-order chi connectivity index (χ1) is 8.65. The smallest absolute Gasteiger partial charge is 0.182 e. The second-order valence-electron chi connectivity index (χ2n) is 4.20. The molecule has 1 N–H and O–H groups in total. The van der Waals surface area contributed by atoms with Crippen LogP contribution in [0.4, 0.5) is 5.13 Å². The number of ether oxygens (including phenoxy) is 1. The SMILES string of the molecule is CNc1nc(-c2sc(C(C)C)nc2COC)cs1. The summed E-state index contributed by atoms with van der Waals surface area (Å²) in [6.07, 6.45) is 0. The number of thiazole rings is 2. The van der Waals surface area contributed by atoms with Gasteiger partial charge in [-0.05, 0) is 0 Å². The summed E-state index contributed by atoms with van der Waals surface area (Å²) in [6, 6.07) is 0. The lowest BCUT2D eigenvalue weighted by molar-refractivity contribution is 0.182. The fraction of sp³-hybridized carbons (Fsp3) is 0.500. The number of aromatic nitrogens is 2. The molecule has 0 saturated carbocycles. The zero-order valence-corrected chi connectivity index (χ0v) is 12.6. The molecule has 0 radical (unpaired) electrons. The molecule has 0 bridgehead atoms. The zero-order chi connectivity index (χ0) is 13.1. The average Bonchev–Trinajstić information content (AvgIpc) is 2.94. The van der Waals surface area contributed by atoms with Crippen LogP contribution in [0.1, 0.15) is 30.5 Å². The molecule has 0 atom stereocenters. The highest BCUT2D eigenvalue weighted by Crippen LogP contribution is 2.35. The van der Waals surface area contributed by atoms with Gasteiger partial charge in [0.1, 0.15) is 0 Å². The Morgan fingerprint density at radius 1 is 1.39 bits per heavy atom. The van der Waals surface area contributed by atoms with Gasteiger partial charge in [-0.2, -0.15) is 0 Å². The number of nitrogens with one attached hydrogen (secondary N) is 1. The van der Waals surface area contributed by atoms with Crippen LogP contribution >= 0.6 is 22.7 Å². The van der Waals surface area contributed by atoms with E-state index >= 15 is 0 Å². The fourth-order valence-corrected chi connectivity index (χ4v) is 3.31. The molecular weight excluding hydrogens is 266 g/mol. The van der Waals surface area contributed by atoms with Crippen LogP contribution in [0.2, 0.25) is 0 Å². The third kappa shape index (κ3) is 2.71. The summed E-state index contributed by atoms with van der Waals surface area (Å²) in [4.78, 5) is 10.3. The van der Waals surface area contributed by atoms with E-state index in [1.165, 1.54) is 0 Å². The van der Waals surface area contributed by atoms with Crippen molar-refractivity contribution in [1.29, 1.82) is 0 Å². The molecule has 2 aromatic rings. The van der Waals surface area contributed by atoms with E-state index in [0.29, 0.717) is 12.5 Å². The zero-order valence-electron chi connectivity index (χ0n) is 11.0. The molecule has 98 valence electrons. The molecule has 0 aromatic carbocycles. The van der Waals surface area contributed by atoms with Crippen LogP contribution in [0.5, 0.6) is 0 Å². The molecule has 2 heterocycles. The second kappa shape index (κ2) is 5.77. The van der Waals surface area contributed by atoms with Gasteiger partial charge in [0.05, 0.1) is 27.9 Å². The first kappa shape index (κ1) is 13.5. The van der Waals surface area contributed by atoms with E-state index in [2.05, 4.69) is 34.5 Å². The van der Waals surface area contributed by atoms with E-state index in [1.54, 1.807) is 29.8 Å². The van der Waals surface area contributed by atoms with Crippen LogP contribution in [-0.4, -0.2) is 24.1 Å². The summed E-state index contributed by atoms with van der Waals surface area (Å²) in [7, 11) is 3.57. The lowest BCUT2D eigenvalue weighted by Crippen LogP contribution is -1.92. The van der Waals surface area contributed by atoms with Crippen LogP contribution in [0.25, 0.3) is 10.6 Å². The molecule has 0 spiro atoms. The number of hydrogen-bond donors (Lipinski definition) is 1. The molecule has 2 aromatic heterocycles. The highest BCUT2D eigenvalue weighted by molar-refractivity contribution is 7.16. The van der Waals surface area contributed by atoms with E-state index in [0.717, 1.165) is 26.4 Å². The van der Waals surface area contributed by atoms with Crippen molar-refractivity contribution >= 4 is 27.8 Å². The van der Waals surface area contributed by atoms with Gasteiger partial charge in [0.25, 0.3) is 0 Å². The largest absolute Gasteiger partial charge is 0.378 e. The van der Waals surface area contributed by atoms with E-state index < -0.39 is 0 Å². The van der Waals surface area contributed by atoms with Crippen molar-refractivity contribution in [1.82, 2.24) is 9.97 Å². The maximum Gasteiger partial charge on any atom is 0.182 e. The quantitative estimate of drug-likeness (QED) is 0.911. The topological polar surface area (TPSA) is 47.0 Å². The van der Waals surface area contributed by atoms with E-state index in [-0.39, 0.29) is 0 Å². The maximum absolute atomic E-state index is 5.22. The Morgan fingerprint density at radius 2 is 2.17 bits per heavy atom. The van der Waals surface area contributed by atoms with Gasteiger partial charge in [0, 0.05) is 25.5 Å². The Bertz CT molecular complexity index is 519. The fourth-order valence-electron chi connectivity index (χ4n) is 1.54. The van der Waals surface area contributed by atoms with Crippen LogP contribution in [0.15, 0.2) is 5.38 Å². The predicted octanol–water partition coefficient (Wildman–Crippen LogP) is 3.58. The van der Waals surface area contributed by atoms with Crippen molar-refractivity contribution < 1.29 is 4.74 Å². The predicted molar refractivity (Wildman–Crippen MR) is 77.6 cm³/mol. The number of rotatable bonds is 5. The van der Waals surface area contributed by atoms with Gasteiger partial charge in [0.2, 0.25) is 0 Å². The molecule has 0 aliphatic rings. The molecule has 0 amide bonds. The first-order valence-electron chi connectivity index (χ1n) is 5.78. The van der Waals surface area contributed by atoms with Gasteiger partial charge in [0.15, 0.2) is 5.13 Å². The Labute approximate surface area is 115 Å². The Hall–Kier alpha value is -0.980. The van der Waals surface area contributed by atoms with Crippen molar-refractivity contribution in [2.45, 2.75) is 26.4 Å². The van der Waals surface area contributed by atoms with Gasteiger partial charge in [-0.15, -0.1) is 22.7 Å². The second-order valence-corrected chi connectivity index (χ2v) is 6.09. The van der Waals surface area contributed by atoms with E-state index in [4.69, 9.17) is 4.74 Å². The summed E-state index contributed by atoms with van der Waals surface area (Å²) in [6.45, 7) is 4.84. The van der Waals surface area contributed by atoms with Gasteiger partial charge >= 0.3 is 0 Å². The van der Waals surface area contributed by atoms with Crippen molar-refractivity contribution in [3.05, 3.63) is 16.1 Å². The molecule has 2 rings (SSSR count). The van der Waals surface area contributed by atoms with Crippen molar-refractivity contribution in [2.24, 2.45) is 0 Å². The molecule has 18 heavy (non-hydrogen) atoms. The standard InChI is InChI=1S/C12H17N3OS2/c1-7(2)11-14-8(5-16-4)10(18-11)9-6-17-12(13-3)15-9/h6-7H,5H2,1-4H3,(H,13,15). The lowest BCUT2D eigenvalue weighted by atomic mass is 10.2. The molecule has 0 fully saturated rings. The summed E-state index contributed by atoms with van der Waals surface area (Å²) >= 11 is 3.31. The Kier molecular flexibility index (Phi) is 4.31. The number of methoxy groups -OCH3 is 1. The van der Waals surface area contributed by atoms with Crippen LogP contribution in [0.3, 0.4) is 0 Å². The Balaban J connectivity index is 2.40. The van der Waals surface area contributed by atoms with Crippen LogP contribution in [-0.2, 0) is 11.3 Å².